The average molecular weight is 343 g/mol. The first-order chi connectivity index (χ1) is 11.3. The zero-order valence-corrected chi connectivity index (χ0v) is 13.4. The summed E-state index contributed by atoms with van der Waals surface area (Å²) in [6.45, 7) is 3.29. The van der Waals surface area contributed by atoms with Crippen molar-refractivity contribution in [3.8, 4) is 0 Å². The van der Waals surface area contributed by atoms with Crippen LogP contribution in [-0.4, -0.2) is 28.6 Å². The fourth-order valence-electron chi connectivity index (χ4n) is 3.17. The molecule has 0 saturated heterocycles. The van der Waals surface area contributed by atoms with Crippen LogP contribution in [-0.2, 0) is 28.7 Å². The van der Waals surface area contributed by atoms with Crippen LogP contribution in [0, 0.1) is 5.92 Å². The van der Waals surface area contributed by atoms with Crippen LogP contribution in [0.4, 0.5) is 13.2 Å². The Hall–Kier alpha value is -1.99. The van der Waals surface area contributed by atoms with Crippen molar-refractivity contribution in [2.24, 2.45) is 5.92 Å². The standard InChI is InChI=1S/C16H20F3N3O2/c1-10-12(3-2-6-24-10)15(23)20-7-11-4-5-14-21-13(16(17,18)19)9-22(14)8-11/h9,11H,2-8H2,1H3,(H,20,23)/t11-/m0/s1. The van der Waals surface area contributed by atoms with E-state index in [1.54, 1.807) is 11.5 Å². The largest absolute Gasteiger partial charge is 0.498 e. The SMILES string of the molecule is CC1=C(C(=O)NC[C@@H]2CCc3nc(C(F)(F)F)cn3C2)CCCO1. The molecule has 0 aromatic carbocycles. The van der Waals surface area contributed by atoms with Crippen LogP contribution in [0.25, 0.3) is 0 Å². The Labute approximate surface area is 137 Å². The molecule has 1 aromatic rings. The van der Waals surface area contributed by atoms with E-state index >= 15 is 0 Å². The van der Waals surface area contributed by atoms with Crippen molar-refractivity contribution >= 4 is 5.91 Å². The van der Waals surface area contributed by atoms with Crippen molar-refractivity contribution in [3.05, 3.63) is 29.0 Å². The highest BCUT2D eigenvalue weighted by Gasteiger charge is 2.35. The third kappa shape index (κ3) is 3.57. The number of fused-ring (bicyclic) bond motifs is 1. The van der Waals surface area contributed by atoms with Crippen LogP contribution < -0.4 is 5.32 Å². The molecule has 0 aliphatic carbocycles. The van der Waals surface area contributed by atoms with Crippen LogP contribution in [0.2, 0.25) is 0 Å². The number of aromatic nitrogens is 2. The van der Waals surface area contributed by atoms with Gasteiger partial charge in [-0.2, -0.15) is 13.2 Å². The van der Waals surface area contributed by atoms with E-state index in [4.69, 9.17) is 4.74 Å². The highest BCUT2D eigenvalue weighted by Crippen LogP contribution is 2.30. The van der Waals surface area contributed by atoms with Gasteiger partial charge in [0.05, 0.1) is 12.2 Å². The molecule has 5 nitrogen and oxygen atoms in total. The van der Waals surface area contributed by atoms with Crippen molar-refractivity contribution < 1.29 is 22.7 Å². The van der Waals surface area contributed by atoms with Crippen molar-refractivity contribution in [2.45, 2.75) is 45.3 Å². The van der Waals surface area contributed by atoms with Crippen LogP contribution in [0.5, 0.6) is 0 Å². The van der Waals surface area contributed by atoms with Crippen molar-refractivity contribution in [1.29, 1.82) is 0 Å². The zero-order chi connectivity index (χ0) is 17.3. The summed E-state index contributed by atoms with van der Waals surface area (Å²) in [5, 5.41) is 2.89. The lowest BCUT2D eigenvalue weighted by Gasteiger charge is -2.25. The third-order valence-corrected chi connectivity index (χ3v) is 4.52. The molecule has 132 valence electrons. The first kappa shape index (κ1) is 16.9. The first-order valence-corrected chi connectivity index (χ1v) is 8.08. The number of nitrogens with one attached hydrogen (secondary N) is 1. The monoisotopic (exact) mass is 343 g/mol. The Morgan fingerprint density at radius 1 is 1.46 bits per heavy atom. The van der Waals surface area contributed by atoms with Gasteiger partial charge in [0.25, 0.3) is 5.91 Å². The number of hydrogen-bond donors (Lipinski definition) is 1. The molecule has 0 bridgehead atoms. The van der Waals surface area contributed by atoms with Crippen molar-refractivity contribution in [3.63, 3.8) is 0 Å². The number of ether oxygens (including phenoxy) is 1. The van der Waals surface area contributed by atoms with E-state index in [0.29, 0.717) is 56.1 Å². The van der Waals surface area contributed by atoms with E-state index in [1.165, 1.54) is 0 Å². The van der Waals surface area contributed by atoms with Gasteiger partial charge in [-0.05, 0) is 32.1 Å². The lowest BCUT2D eigenvalue weighted by molar-refractivity contribution is -0.141. The maximum Gasteiger partial charge on any atom is 0.434 e. The lowest BCUT2D eigenvalue weighted by Crippen LogP contribution is -2.35. The van der Waals surface area contributed by atoms with Crippen LogP contribution in [0.15, 0.2) is 17.5 Å². The normalized spacial score (nSPS) is 21.2. The topological polar surface area (TPSA) is 56.2 Å². The lowest BCUT2D eigenvalue weighted by atomic mass is 9.99. The Balaban J connectivity index is 1.58. The van der Waals surface area contributed by atoms with Gasteiger partial charge >= 0.3 is 6.18 Å². The van der Waals surface area contributed by atoms with Gasteiger partial charge in [-0.1, -0.05) is 0 Å². The number of carbonyl (C=O) groups excluding carboxylic acids is 1. The van der Waals surface area contributed by atoms with Crippen molar-refractivity contribution in [2.75, 3.05) is 13.2 Å². The summed E-state index contributed by atoms with van der Waals surface area (Å²) in [4.78, 5) is 15.9. The first-order valence-electron chi connectivity index (χ1n) is 8.08. The molecule has 1 atom stereocenters. The molecular formula is C16H20F3N3O2. The Kier molecular flexibility index (Phi) is 4.56. The fourth-order valence-corrected chi connectivity index (χ4v) is 3.17. The molecule has 0 spiro atoms. The third-order valence-electron chi connectivity index (χ3n) is 4.52. The van der Waals surface area contributed by atoms with Gasteiger partial charge in [0.15, 0.2) is 5.69 Å². The maximum absolute atomic E-state index is 12.7. The molecule has 2 aliphatic heterocycles. The summed E-state index contributed by atoms with van der Waals surface area (Å²) in [7, 11) is 0. The maximum atomic E-state index is 12.7. The summed E-state index contributed by atoms with van der Waals surface area (Å²) < 4.78 is 45.1. The molecule has 0 saturated carbocycles. The molecule has 3 heterocycles. The second-order valence-corrected chi connectivity index (χ2v) is 6.29. The Morgan fingerprint density at radius 3 is 2.96 bits per heavy atom. The summed E-state index contributed by atoms with van der Waals surface area (Å²) in [5.74, 6) is 1.08. The summed E-state index contributed by atoms with van der Waals surface area (Å²) in [6, 6.07) is 0. The number of rotatable bonds is 3. The number of allylic oxidation sites excluding steroid dienone is 1. The molecule has 0 radical (unpaired) electrons. The predicted octanol–water partition coefficient (Wildman–Crippen LogP) is 2.66. The molecule has 0 fully saturated rings. The van der Waals surface area contributed by atoms with E-state index in [-0.39, 0.29) is 11.8 Å². The molecule has 2 aliphatic rings. The van der Waals surface area contributed by atoms with Crippen LogP contribution in [0.1, 0.15) is 37.7 Å². The second kappa shape index (κ2) is 6.49. The molecule has 8 heteroatoms. The van der Waals surface area contributed by atoms with Crippen molar-refractivity contribution in [1.82, 2.24) is 14.9 Å². The average Bonchev–Trinajstić information content (AvgIpc) is 2.96. The predicted molar refractivity (Wildman–Crippen MR) is 79.9 cm³/mol. The van der Waals surface area contributed by atoms with Gasteiger partial charge < -0.3 is 14.6 Å². The van der Waals surface area contributed by atoms with Crippen LogP contribution in [0.3, 0.4) is 0 Å². The summed E-state index contributed by atoms with van der Waals surface area (Å²) >= 11 is 0. The molecular weight excluding hydrogens is 323 g/mol. The minimum Gasteiger partial charge on any atom is -0.498 e. The van der Waals surface area contributed by atoms with Gasteiger partial charge in [-0.25, -0.2) is 4.98 Å². The molecule has 0 unspecified atom stereocenters. The quantitative estimate of drug-likeness (QED) is 0.918. The van der Waals surface area contributed by atoms with Gasteiger partial charge in [0.1, 0.15) is 11.6 Å². The fraction of sp³-hybridized carbons (Fsp3) is 0.625. The minimum atomic E-state index is -4.42. The van der Waals surface area contributed by atoms with Gasteiger partial charge in [-0.15, -0.1) is 0 Å². The van der Waals surface area contributed by atoms with Gasteiger partial charge in [-0.3, -0.25) is 4.79 Å². The summed E-state index contributed by atoms with van der Waals surface area (Å²) in [5.41, 5.74) is -0.179. The van der Waals surface area contributed by atoms with Gasteiger partial charge in [0, 0.05) is 25.7 Å². The molecule has 1 N–H and O–H groups in total. The van der Waals surface area contributed by atoms with E-state index < -0.39 is 11.9 Å². The van der Waals surface area contributed by atoms with E-state index in [1.807, 2.05) is 0 Å². The number of nitrogens with zero attached hydrogens (tertiary/aromatic N) is 2. The number of hydrogen-bond acceptors (Lipinski definition) is 3. The molecule has 3 rings (SSSR count). The number of alkyl halides is 3. The Morgan fingerprint density at radius 2 is 2.25 bits per heavy atom. The number of amides is 1. The van der Waals surface area contributed by atoms with E-state index in [2.05, 4.69) is 10.3 Å². The number of imidazole rings is 1. The number of halogens is 3. The second-order valence-electron chi connectivity index (χ2n) is 6.29. The highest BCUT2D eigenvalue weighted by molar-refractivity contribution is 5.93. The van der Waals surface area contributed by atoms with Gasteiger partial charge in [0.2, 0.25) is 0 Å². The van der Waals surface area contributed by atoms with E-state index in [9.17, 15) is 18.0 Å². The van der Waals surface area contributed by atoms with Crippen LogP contribution >= 0.6 is 0 Å². The van der Waals surface area contributed by atoms with E-state index in [0.717, 1.165) is 12.6 Å². The summed E-state index contributed by atoms with van der Waals surface area (Å²) in [6.07, 6.45) is -0.639. The molecule has 24 heavy (non-hydrogen) atoms. The zero-order valence-electron chi connectivity index (χ0n) is 13.4. The smallest absolute Gasteiger partial charge is 0.434 e. The Bertz CT molecular complexity index is 664. The highest BCUT2D eigenvalue weighted by atomic mass is 19.4. The number of carbonyl (C=O) groups is 1. The minimum absolute atomic E-state index is 0.0992. The number of aryl methyl sites for hydroxylation is 1. The molecule has 1 amide bonds. The molecule has 1 aromatic heterocycles.